The molecule has 1 atom stereocenters. The summed E-state index contributed by atoms with van der Waals surface area (Å²) in [5.41, 5.74) is 2.64. The predicted molar refractivity (Wildman–Crippen MR) is 107 cm³/mol. The summed E-state index contributed by atoms with van der Waals surface area (Å²) in [5, 5.41) is 7.47. The first-order valence-corrected chi connectivity index (χ1v) is 9.84. The average molecular weight is 385 g/mol. The van der Waals surface area contributed by atoms with Gasteiger partial charge in [0.1, 0.15) is 0 Å². The molecule has 6 nitrogen and oxygen atoms in total. The van der Waals surface area contributed by atoms with Gasteiger partial charge < -0.3 is 15.5 Å². The van der Waals surface area contributed by atoms with E-state index in [9.17, 15) is 14.4 Å². The molecule has 3 amide bonds. The smallest absolute Gasteiger partial charge is 0.254 e. The van der Waals surface area contributed by atoms with Gasteiger partial charge in [-0.2, -0.15) is 0 Å². The van der Waals surface area contributed by atoms with Crippen LogP contribution in [0.15, 0.2) is 29.6 Å². The van der Waals surface area contributed by atoms with Gasteiger partial charge >= 0.3 is 0 Å². The largest absolute Gasteiger partial charge is 0.331 e. The van der Waals surface area contributed by atoms with Crippen molar-refractivity contribution in [1.29, 1.82) is 0 Å². The zero-order valence-corrected chi connectivity index (χ0v) is 16.5. The van der Waals surface area contributed by atoms with E-state index in [4.69, 9.17) is 0 Å². The number of anilines is 2. The van der Waals surface area contributed by atoms with Gasteiger partial charge in [0.05, 0.1) is 6.04 Å². The van der Waals surface area contributed by atoms with Crippen molar-refractivity contribution in [2.75, 3.05) is 17.2 Å². The van der Waals surface area contributed by atoms with E-state index in [-0.39, 0.29) is 23.8 Å². The fraction of sp³-hybridized carbons (Fsp3) is 0.350. The minimum absolute atomic E-state index is 0.0427. The van der Waals surface area contributed by atoms with Gasteiger partial charge in [0, 0.05) is 42.2 Å². The van der Waals surface area contributed by atoms with Crippen LogP contribution in [0, 0.1) is 0 Å². The molecule has 2 heterocycles. The highest BCUT2D eigenvalue weighted by molar-refractivity contribution is 7.10. The van der Waals surface area contributed by atoms with Crippen molar-refractivity contribution < 1.29 is 14.4 Å². The number of nitrogens with one attached hydrogen (secondary N) is 2. The van der Waals surface area contributed by atoms with Crippen LogP contribution >= 0.6 is 11.3 Å². The zero-order valence-electron chi connectivity index (χ0n) is 15.7. The van der Waals surface area contributed by atoms with Gasteiger partial charge in [0.2, 0.25) is 11.8 Å². The Balaban J connectivity index is 1.95. The van der Waals surface area contributed by atoms with Crippen molar-refractivity contribution in [2.45, 2.75) is 39.7 Å². The van der Waals surface area contributed by atoms with Crippen molar-refractivity contribution in [3.8, 4) is 0 Å². The minimum Gasteiger partial charge on any atom is -0.331 e. The summed E-state index contributed by atoms with van der Waals surface area (Å²) in [7, 11) is 0. The van der Waals surface area contributed by atoms with Crippen LogP contribution in [0.3, 0.4) is 0 Å². The van der Waals surface area contributed by atoms with E-state index in [1.165, 1.54) is 24.3 Å². The topological polar surface area (TPSA) is 78.5 Å². The molecular formula is C20H23N3O3S. The molecule has 2 aromatic rings. The normalized spacial score (nSPS) is 15.8. The van der Waals surface area contributed by atoms with E-state index in [1.807, 2.05) is 4.90 Å². The first-order chi connectivity index (χ1) is 12.9. The molecule has 7 heteroatoms. The summed E-state index contributed by atoms with van der Waals surface area (Å²) in [6.45, 7) is 5.55. The summed E-state index contributed by atoms with van der Waals surface area (Å²) in [6, 6.07) is 7.10. The number of amides is 3. The van der Waals surface area contributed by atoms with Crippen LogP contribution in [0.5, 0.6) is 0 Å². The molecule has 0 saturated carbocycles. The summed E-state index contributed by atoms with van der Waals surface area (Å²) in [5.74, 6) is -0.570. The van der Waals surface area contributed by atoms with Crippen molar-refractivity contribution >= 4 is 40.4 Å². The zero-order chi connectivity index (χ0) is 19.6. The predicted octanol–water partition coefficient (Wildman–Crippen LogP) is 3.81. The Bertz CT molecular complexity index is 856. The minimum atomic E-state index is -0.235. The Hall–Kier alpha value is -2.67. The summed E-state index contributed by atoms with van der Waals surface area (Å²) >= 11 is 1.74. The number of carbonyl (C=O) groups is 3. The van der Waals surface area contributed by atoms with E-state index in [2.05, 4.69) is 29.0 Å². The first kappa shape index (κ1) is 19.1. The number of hydrogen-bond acceptors (Lipinski definition) is 4. The van der Waals surface area contributed by atoms with Crippen LogP contribution in [0.2, 0.25) is 0 Å². The molecule has 1 aromatic heterocycles. The third-order valence-corrected chi connectivity index (χ3v) is 5.56. The number of hydrogen-bond donors (Lipinski definition) is 2. The van der Waals surface area contributed by atoms with E-state index in [0.717, 1.165) is 12.8 Å². The average Bonchev–Trinajstić information content (AvgIpc) is 3.07. The van der Waals surface area contributed by atoms with Crippen LogP contribution in [-0.2, 0) is 16.0 Å². The van der Waals surface area contributed by atoms with Gasteiger partial charge in [-0.05, 0) is 48.1 Å². The lowest BCUT2D eigenvalue weighted by Gasteiger charge is -2.35. The number of thiophene rings is 1. The highest BCUT2D eigenvalue weighted by Crippen LogP contribution is 2.36. The highest BCUT2D eigenvalue weighted by Gasteiger charge is 2.31. The molecule has 142 valence electrons. The lowest BCUT2D eigenvalue weighted by molar-refractivity contribution is -0.115. The Morgan fingerprint density at radius 3 is 2.30 bits per heavy atom. The van der Waals surface area contributed by atoms with E-state index < -0.39 is 0 Å². The Labute approximate surface area is 162 Å². The van der Waals surface area contributed by atoms with E-state index >= 15 is 0 Å². The Morgan fingerprint density at radius 1 is 1.11 bits per heavy atom. The lowest BCUT2D eigenvalue weighted by Crippen LogP contribution is -2.39. The first-order valence-electron chi connectivity index (χ1n) is 8.96. The lowest BCUT2D eigenvalue weighted by atomic mass is 9.96. The molecule has 0 aliphatic carbocycles. The van der Waals surface area contributed by atoms with Gasteiger partial charge in [-0.15, -0.1) is 11.3 Å². The number of fused-ring (bicyclic) bond motifs is 1. The molecule has 0 unspecified atom stereocenters. The van der Waals surface area contributed by atoms with E-state index in [0.29, 0.717) is 23.5 Å². The fourth-order valence-electron chi connectivity index (χ4n) is 3.55. The van der Waals surface area contributed by atoms with Crippen molar-refractivity contribution in [3.63, 3.8) is 0 Å². The maximum Gasteiger partial charge on any atom is 0.254 e. The summed E-state index contributed by atoms with van der Waals surface area (Å²) < 4.78 is 0. The Morgan fingerprint density at radius 2 is 1.74 bits per heavy atom. The fourth-order valence-corrected chi connectivity index (χ4v) is 4.48. The third-order valence-electron chi connectivity index (χ3n) is 4.56. The second-order valence-corrected chi connectivity index (χ2v) is 7.63. The SMILES string of the molecule is CC[C@@H]1c2ccsc2CCN1C(=O)c1cc(NC(C)=O)cc(NC(C)=O)c1. The van der Waals surface area contributed by atoms with Crippen LogP contribution in [0.1, 0.15) is 54.0 Å². The molecule has 0 radical (unpaired) electrons. The maximum atomic E-state index is 13.3. The molecule has 1 aliphatic heterocycles. The summed E-state index contributed by atoms with van der Waals surface area (Å²) in [4.78, 5) is 39.4. The number of nitrogens with zero attached hydrogens (tertiary/aromatic N) is 1. The van der Waals surface area contributed by atoms with E-state index in [1.54, 1.807) is 29.5 Å². The number of benzene rings is 1. The van der Waals surface area contributed by atoms with Gasteiger partial charge in [0.15, 0.2) is 0 Å². The molecule has 2 N–H and O–H groups in total. The molecule has 27 heavy (non-hydrogen) atoms. The van der Waals surface area contributed by atoms with Crippen LogP contribution in [0.25, 0.3) is 0 Å². The van der Waals surface area contributed by atoms with Gasteiger partial charge in [-0.1, -0.05) is 6.92 Å². The van der Waals surface area contributed by atoms with Gasteiger partial charge in [-0.3, -0.25) is 14.4 Å². The standard InChI is InChI=1S/C20H23N3O3S/c1-4-18-17-6-8-27-19(17)5-7-23(18)20(26)14-9-15(21-12(2)24)11-16(10-14)22-13(3)25/h6,8-11,18H,4-5,7H2,1-3H3,(H,21,24)(H,22,25)/t18-/m1/s1. The maximum absolute atomic E-state index is 13.3. The molecule has 0 bridgehead atoms. The van der Waals surface area contributed by atoms with Gasteiger partial charge in [0.25, 0.3) is 5.91 Å². The molecule has 1 aliphatic rings. The van der Waals surface area contributed by atoms with Crippen molar-refractivity contribution in [2.24, 2.45) is 0 Å². The number of rotatable bonds is 4. The third kappa shape index (κ3) is 4.19. The van der Waals surface area contributed by atoms with Crippen LogP contribution in [-0.4, -0.2) is 29.2 Å². The molecule has 0 saturated heterocycles. The molecular weight excluding hydrogens is 362 g/mol. The number of carbonyl (C=O) groups excluding carboxylic acids is 3. The quantitative estimate of drug-likeness (QED) is 0.840. The second kappa shape index (κ2) is 7.92. The second-order valence-electron chi connectivity index (χ2n) is 6.63. The van der Waals surface area contributed by atoms with Crippen LogP contribution < -0.4 is 10.6 Å². The molecule has 0 spiro atoms. The van der Waals surface area contributed by atoms with Crippen molar-refractivity contribution in [3.05, 3.63) is 45.6 Å². The van der Waals surface area contributed by atoms with Crippen LogP contribution in [0.4, 0.5) is 11.4 Å². The van der Waals surface area contributed by atoms with Gasteiger partial charge in [-0.25, -0.2) is 0 Å². The summed E-state index contributed by atoms with van der Waals surface area (Å²) in [6.07, 6.45) is 1.68. The molecule has 3 rings (SSSR count). The molecule has 1 aromatic carbocycles. The Kier molecular flexibility index (Phi) is 5.60. The highest BCUT2D eigenvalue weighted by atomic mass is 32.1. The monoisotopic (exact) mass is 385 g/mol. The molecule has 0 fully saturated rings. The van der Waals surface area contributed by atoms with Crippen molar-refractivity contribution in [1.82, 2.24) is 4.90 Å².